The second-order valence-corrected chi connectivity index (χ2v) is 4.49. The van der Waals surface area contributed by atoms with Crippen LogP contribution in [0.4, 0.5) is 0 Å². The summed E-state index contributed by atoms with van der Waals surface area (Å²) in [6, 6.07) is 0.498. The van der Waals surface area contributed by atoms with E-state index in [4.69, 9.17) is 4.74 Å². The van der Waals surface area contributed by atoms with Gasteiger partial charge in [-0.3, -0.25) is 4.90 Å². The van der Waals surface area contributed by atoms with Crippen LogP contribution < -0.4 is 5.32 Å². The van der Waals surface area contributed by atoms with E-state index in [0.29, 0.717) is 6.04 Å². The van der Waals surface area contributed by atoms with Crippen LogP contribution in [-0.2, 0) is 11.3 Å². The summed E-state index contributed by atoms with van der Waals surface area (Å²) in [6.45, 7) is 7.82. The number of nitrogens with zero attached hydrogens (tertiary/aromatic N) is 3. The molecule has 1 saturated heterocycles. The quantitative estimate of drug-likeness (QED) is 0.791. The SMILES string of the molecule is CNCC1COCCN1CCn1ccnc1C. The Labute approximate surface area is 103 Å². The van der Waals surface area contributed by atoms with Gasteiger partial charge in [0.15, 0.2) is 0 Å². The number of rotatable bonds is 5. The fourth-order valence-electron chi connectivity index (χ4n) is 2.28. The number of hydrogen-bond acceptors (Lipinski definition) is 4. The average molecular weight is 238 g/mol. The van der Waals surface area contributed by atoms with Gasteiger partial charge in [-0.2, -0.15) is 0 Å². The molecule has 0 bridgehead atoms. The Morgan fingerprint density at radius 2 is 2.41 bits per heavy atom. The summed E-state index contributed by atoms with van der Waals surface area (Å²) >= 11 is 0. The molecule has 1 aromatic rings. The van der Waals surface area contributed by atoms with Crippen molar-refractivity contribution in [1.82, 2.24) is 19.8 Å². The fourth-order valence-corrected chi connectivity index (χ4v) is 2.28. The highest BCUT2D eigenvalue weighted by Crippen LogP contribution is 2.07. The Hall–Kier alpha value is -0.910. The third kappa shape index (κ3) is 3.28. The van der Waals surface area contributed by atoms with Crippen molar-refractivity contribution in [1.29, 1.82) is 0 Å². The van der Waals surface area contributed by atoms with Gasteiger partial charge in [0.1, 0.15) is 5.82 Å². The van der Waals surface area contributed by atoms with E-state index in [1.54, 1.807) is 0 Å². The molecule has 0 spiro atoms. The summed E-state index contributed by atoms with van der Waals surface area (Å²) in [5.41, 5.74) is 0. The van der Waals surface area contributed by atoms with Crippen LogP contribution >= 0.6 is 0 Å². The van der Waals surface area contributed by atoms with Crippen molar-refractivity contribution >= 4 is 0 Å². The van der Waals surface area contributed by atoms with E-state index in [0.717, 1.165) is 45.2 Å². The normalized spacial score (nSPS) is 21.9. The lowest BCUT2D eigenvalue weighted by molar-refractivity contribution is -0.00758. The minimum Gasteiger partial charge on any atom is -0.378 e. The lowest BCUT2D eigenvalue weighted by atomic mass is 10.2. The summed E-state index contributed by atoms with van der Waals surface area (Å²) in [5, 5.41) is 3.23. The minimum atomic E-state index is 0.498. The average Bonchev–Trinajstić information content (AvgIpc) is 2.74. The van der Waals surface area contributed by atoms with Gasteiger partial charge in [0, 0.05) is 44.6 Å². The summed E-state index contributed by atoms with van der Waals surface area (Å²) in [5.74, 6) is 1.09. The van der Waals surface area contributed by atoms with Gasteiger partial charge >= 0.3 is 0 Å². The zero-order valence-electron chi connectivity index (χ0n) is 10.7. The number of nitrogens with one attached hydrogen (secondary N) is 1. The molecule has 1 atom stereocenters. The first kappa shape index (κ1) is 12.5. The van der Waals surface area contributed by atoms with Crippen molar-refractivity contribution in [2.45, 2.75) is 19.5 Å². The second kappa shape index (κ2) is 6.14. The predicted octanol–water partition coefficient (Wildman–Crippen LogP) is 0.112. The van der Waals surface area contributed by atoms with Crippen LogP contribution in [0.5, 0.6) is 0 Å². The van der Waals surface area contributed by atoms with E-state index in [9.17, 15) is 0 Å². The Bertz CT molecular complexity index is 337. The molecule has 0 aliphatic carbocycles. The molecule has 1 N–H and O–H groups in total. The molecule has 0 amide bonds. The van der Waals surface area contributed by atoms with E-state index in [1.165, 1.54) is 0 Å². The van der Waals surface area contributed by atoms with E-state index in [1.807, 2.05) is 26.4 Å². The van der Waals surface area contributed by atoms with Crippen molar-refractivity contribution in [3.05, 3.63) is 18.2 Å². The van der Waals surface area contributed by atoms with E-state index < -0.39 is 0 Å². The largest absolute Gasteiger partial charge is 0.378 e. The van der Waals surface area contributed by atoms with Gasteiger partial charge in [-0.1, -0.05) is 0 Å². The highest BCUT2D eigenvalue weighted by Gasteiger charge is 2.21. The van der Waals surface area contributed by atoms with E-state index in [2.05, 4.69) is 19.8 Å². The number of imidazole rings is 1. The van der Waals surface area contributed by atoms with Crippen LogP contribution in [0.25, 0.3) is 0 Å². The molecule has 1 aromatic heterocycles. The molecular formula is C12H22N4O. The molecule has 17 heavy (non-hydrogen) atoms. The maximum absolute atomic E-state index is 5.52. The Kier molecular flexibility index (Phi) is 4.53. The first-order chi connectivity index (χ1) is 8.31. The minimum absolute atomic E-state index is 0.498. The molecule has 5 nitrogen and oxygen atoms in total. The van der Waals surface area contributed by atoms with Crippen LogP contribution in [-0.4, -0.2) is 60.4 Å². The number of morpholine rings is 1. The zero-order chi connectivity index (χ0) is 12.1. The molecule has 1 aliphatic rings. The predicted molar refractivity (Wildman–Crippen MR) is 67.1 cm³/mol. The van der Waals surface area contributed by atoms with Gasteiger partial charge < -0.3 is 14.6 Å². The molecule has 1 unspecified atom stereocenters. The Balaban J connectivity index is 1.86. The van der Waals surface area contributed by atoms with Crippen LogP contribution in [0.1, 0.15) is 5.82 Å². The van der Waals surface area contributed by atoms with Crippen molar-refractivity contribution in [2.24, 2.45) is 0 Å². The lowest BCUT2D eigenvalue weighted by Gasteiger charge is -2.35. The highest BCUT2D eigenvalue weighted by atomic mass is 16.5. The van der Waals surface area contributed by atoms with Crippen molar-refractivity contribution in [3.63, 3.8) is 0 Å². The number of likely N-dealkylation sites (N-methyl/N-ethyl adjacent to an activating group) is 1. The van der Waals surface area contributed by atoms with Crippen molar-refractivity contribution in [2.75, 3.05) is 39.9 Å². The van der Waals surface area contributed by atoms with Crippen molar-refractivity contribution < 1.29 is 4.74 Å². The standard InChI is InChI=1S/C12H22N4O/c1-11-14-3-4-15(11)5-6-16-7-8-17-10-12(16)9-13-2/h3-4,12-13H,5-10H2,1-2H3. The summed E-state index contributed by atoms with van der Waals surface area (Å²) < 4.78 is 7.73. The number of hydrogen-bond donors (Lipinski definition) is 1. The molecule has 0 saturated carbocycles. The second-order valence-electron chi connectivity index (χ2n) is 4.49. The van der Waals surface area contributed by atoms with E-state index in [-0.39, 0.29) is 0 Å². The summed E-state index contributed by atoms with van der Waals surface area (Å²) in [4.78, 5) is 6.74. The van der Waals surface area contributed by atoms with Gasteiger partial charge in [0.05, 0.1) is 13.2 Å². The monoisotopic (exact) mass is 238 g/mol. The maximum Gasteiger partial charge on any atom is 0.105 e. The number of aromatic nitrogens is 2. The molecule has 5 heteroatoms. The number of aryl methyl sites for hydroxylation is 1. The molecule has 0 aromatic carbocycles. The van der Waals surface area contributed by atoms with Crippen LogP contribution in [0.3, 0.4) is 0 Å². The van der Waals surface area contributed by atoms with Crippen LogP contribution in [0, 0.1) is 6.92 Å². The fraction of sp³-hybridized carbons (Fsp3) is 0.750. The van der Waals surface area contributed by atoms with Gasteiger partial charge in [-0.25, -0.2) is 4.98 Å². The Morgan fingerprint density at radius 1 is 1.53 bits per heavy atom. The smallest absolute Gasteiger partial charge is 0.105 e. The first-order valence-corrected chi connectivity index (χ1v) is 6.25. The summed E-state index contributed by atoms with van der Waals surface area (Å²) in [6.07, 6.45) is 3.91. The molecule has 2 heterocycles. The maximum atomic E-state index is 5.52. The third-order valence-electron chi connectivity index (χ3n) is 3.34. The van der Waals surface area contributed by atoms with Gasteiger partial charge in [-0.15, -0.1) is 0 Å². The number of ether oxygens (including phenoxy) is 1. The van der Waals surface area contributed by atoms with Crippen LogP contribution in [0.2, 0.25) is 0 Å². The first-order valence-electron chi connectivity index (χ1n) is 6.25. The summed E-state index contributed by atoms with van der Waals surface area (Å²) in [7, 11) is 1.99. The third-order valence-corrected chi connectivity index (χ3v) is 3.34. The molecule has 2 rings (SSSR count). The van der Waals surface area contributed by atoms with Gasteiger partial charge in [0.2, 0.25) is 0 Å². The molecular weight excluding hydrogens is 216 g/mol. The molecule has 96 valence electrons. The van der Waals surface area contributed by atoms with Crippen molar-refractivity contribution in [3.8, 4) is 0 Å². The van der Waals surface area contributed by atoms with Crippen LogP contribution in [0.15, 0.2) is 12.4 Å². The van der Waals surface area contributed by atoms with E-state index >= 15 is 0 Å². The molecule has 1 fully saturated rings. The van der Waals surface area contributed by atoms with Gasteiger partial charge in [-0.05, 0) is 14.0 Å². The Morgan fingerprint density at radius 3 is 3.12 bits per heavy atom. The lowest BCUT2D eigenvalue weighted by Crippen LogP contribution is -2.50. The molecule has 0 radical (unpaired) electrons. The molecule has 1 aliphatic heterocycles. The van der Waals surface area contributed by atoms with Gasteiger partial charge in [0.25, 0.3) is 0 Å². The highest BCUT2D eigenvalue weighted by molar-refractivity contribution is 4.89. The topological polar surface area (TPSA) is 42.3 Å². The zero-order valence-corrected chi connectivity index (χ0v) is 10.7.